The van der Waals surface area contributed by atoms with Gasteiger partial charge in [0.25, 0.3) is 0 Å². The van der Waals surface area contributed by atoms with E-state index in [4.69, 9.17) is 14.2 Å². The van der Waals surface area contributed by atoms with Crippen molar-refractivity contribution >= 4 is 5.78 Å². The summed E-state index contributed by atoms with van der Waals surface area (Å²) in [6.07, 6.45) is 18.0. The molecule has 0 saturated carbocycles. The maximum atomic E-state index is 11.9. The largest absolute Gasteiger partial charge is 0.378 e. The third-order valence-corrected chi connectivity index (χ3v) is 6.17. The topological polar surface area (TPSA) is 44.8 Å². The zero-order chi connectivity index (χ0) is 24.2. The van der Waals surface area contributed by atoms with Crippen molar-refractivity contribution in [2.45, 2.75) is 162 Å². The summed E-state index contributed by atoms with van der Waals surface area (Å²) in [6.45, 7) is 15.3. The van der Waals surface area contributed by atoms with Gasteiger partial charge in [0.1, 0.15) is 5.60 Å². The Labute approximate surface area is 200 Å². The van der Waals surface area contributed by atoms with Crippen LogP contribution >= 0.6 is 0 Å². The van der Waals surface area contributed by atoms with Crippen molar-refractivity contribution in [2.24, 2.45) is 0 Å². The van der Waals surface area contributed by atoms with Crippen molar-refractivity contribution in [1.82, 2.24) is 0 Å². The van der Waals surface area contributed by atoms with Crippen LogP contribution in [0.25, 0.3) is 0 Å². The zero-order valence-electron chi connectivity index (χ0n) is 22.7. The van der Waals surface area contributed by atoms with Crippen LogP contribution in [0.2, 0.25) is 0 Å². The Morgan fingerprint density at radius 2 is 1.16 bits per heavy atom. The van der Waals surface area contributed by atoms with Crippen LogP contribution in [0.15, 0.2) is 0 Å². The lowest BCUT2D eigenvalue weighted by Gasteiger charge is -2.28. The van der Waals surface area contributed by atoms with Crippen molar-refractivity contribution in [1.29, 1.82) is 0 Å². The summed E-state index contributed by atoms with van der Waals surface area (Å²) in [7, 11) is 0. The Balaban J connectivity index is 3.61. The Morgan fingerprint density at radius 1 is 0.688 bits per heavy atom. The molecule has 0 heterocycles. The molecule has 4 heteroatoms. The SMILES string of the molecule is CCCCCCCCCCCCCCO[C@@H](C)CC(C)OCC(C)OC(C)(C)C(=O)CC. The van der Waals surface area contributed by atoms with Crippen molar-refractivity contribution in [2.75, 3.05) is 13.2 Å². The number of hydrogen-bond donors (Lipinski definition) is 0. The summed E-state index contributed by atoms with van der Waals surface area (Å²) in [5.74, 6) is 0.122. The normalized spacial score (nSPS) is 15.0. The molecule has 0 aromatic carbocycles. The van der Waals surface area contributed by atoms with E-state index in [9.17, 15) is 4.79 Å². The second-order valence-corrected chi connectivity index (χ2v) is 10.2. The predicted molar refractivity (Wildman–Crippen MR) is 136 cm³/mol. The molecule has 0 radical (unpaired) electrons. The third-order valence-electron chi connectivity index (χ3n) is 6.17. The molecule has 0 saturated heterocycles. The lowest BCUT2D eigenvalue weighted by Crippen LogP contribution is -2.39. The van der Waals surface area contributed by atoms with Gasteiger partial charge in [-0.3, -0.25) is 4.79 Å². The van der Waals surface area contributed by atoms with Gasteiger partial charge < -0.3 is 14.2 Å². The molecule has 0 fully saturated rings. The first-order valence-corrected chi connectivity index (χ1v) is 13.7. The first-order chi connectivity index (χ1) is 15.2. The summed E-state index contributed by atoms with van der Waals surface area (Å²) in [5.41, 5.74) is -0.745. The highest BCUT2D eigenvalue weighted by Crippen LogP contribution is 2.17. The third kappa shape index (κ3) is 18.0. The van der Waals surface area contributed by atoms with Gasteiger partial charge in [0.2, 0.25) is 0 Å². The Morgan fingerprint density at radius 3 is 1.66 bits per heavy atom. The maximum Gasteiger partial charge on any atom is 0.163 e. The van der Waals surface area contributed by atoms with Crippen LogP contribution in [-0.4, -0.2) is 42.9 Å². The van der Waals surface area contributed by atoms with E-state index in [1.165, 1.54) is 70.6 Å². The molecule has 32 heavy (non-hydrogen) atoms. The quantitative estimate of drug-likeness (QED) is 0.146. The van der Waals surface area contributed by atoms with E-state index in [1.54, 1.807) is 0 Å². The van der Waals surface area contributed by atoms with Gasteiger partial charge in [0, 0.05) is 13.0 Å². The molecule has 2 unspecified atom stereocenters. The molecule has 0 aromatic rings. The van der Waals surface area contributed by atoms with Crippen LogP contribution in [-0.2, 0) is 19.0 Å². The number of carbonyl (C=O) groups excluding carboxylic acids is 1. The molecule has 192 valence electrons. The Bertz CT molecular complexity index is 435. The Kier molecular flexibility index (Phi) is 19.7. The van der Waals surface area contributed by atoms with E-state index in [2.05, 4.69) is 20.8 Å². The summed E-state index contributed by atoms with van der Waals surface area (Å²) in [4.78, 5) is 11.9. The smallest absolute Gasteiger partial charge is 0.163 e. The summed E-state index contributed by atoms with van der Waals surface area (Å²) >= 11 is 0. The molecule has 0 aliphatic heterocycles. The molecule has 0 spiro atoms. The van der Waals surface area contributed by atoms with Crippen molar-refractivity contribution < 1.29 is 19.0 Å². The minimum absolute atomic E-state index is 0.111. The van der Waals surface area contributed by atoms with Gasteiger partial charge in [0.05, 0.1) is 24.9 Å². The van der Waals surface area contributed by atoms with E-state index in [0.29, 0.717) is 13.0 Å². The van der Waals surface area contributed by atoms with Gasteiger partial charge >= 0.3 is 0 Å². The van der Waals surface area contributed by atoms with Gasteiger partial charge in [-0.1, -0.05) is 84.5 Å². The highest BCUT2D eigenvalue weighted by Gasteiger charge is 2.29. The highest BCUT2D eigenvalue weighted by molar-refractivity contribution is 5.86. The number of ether oxygens (including phenoxy) is 3. The van der Waals surface area contributed by atoms with Crippen molar-refractivity contribution in [3.05, 3.63) is 0 Å². The van der Waals surface area contributed by atoms with Gasteiger partial charge in [-0.05, 0) is 47.5 Å². The first kappa shape index (κ1) is 31.6. The zero-order valence-corrected chi connectivity index (χ0v) is 22.7. The molecule has 0 N–H and O–H groups in total. The van der Waals surface area contributed by atoms with Gasteiger partial charge in [-0.2, -0.15) is 0 Å². The Hall–Kier alpha value is -0.450. The standard InChI is InChI=1S/C28H56O4/c1-8-10-11-12-13-14-15-16-17-18-19-20-21-30-24(3)22-25(4)31-23-26(5)32-28(6,7)27(29)9-2/h24-26H,8-23H2,1-7H3/t24-,25?,26?/m0/s1. The molecule has 3 atom stereocenters. The number of ketones is 1. The number of unbranched alkanes of at least 4 members (excludes halogenated alkanes) is 11. The highest BCUT2D eigenvalue weighted by atomic mass is 16.6. The summed E-state index contributed by atoms with van der Waals surface area (Å²) in [6, 6.07) is 0. The molecule has 0 amide bonds. The fourth-order valence-electron chi connectivity index (χ4n) is 4.16. The molecule has 0 aliphatic carbocycles. The van der Waals surface area contributed by atoms with Crippen molar-refractivity contribution in [3.8, 4) is 0 Å². The minimum atomic E-state index is -0.745. The van der Waals surface area contributed by atoms with Crippen LogP contribution in [0, 0.1) is 0 Å². The second kappa shape index (κ2) is 20.0. The number of Topliss-reactive ketones (excluding diaryl/α,β-unsaturated/α-hetero) is 1. The average Bonchev–Trinajstić information content (AvgIpc) is 2.74. The van der Waals surface area contributed by atoms with Crippen LogP contribution in [0.4, 0.5) is 0 Å². The number of rotatable bonds is 23. The van der Waals surface area contributed by atoms with Crippen LogP contribution in [0.3, 0.4) is 0 Å². The fourth-order valence-corrected chi connectivity index (χ4v) is 4.16. The van der Waals surface area contributed by atoms with Crippen molar-refractivity contribution in [3.63, 3.8) is 0 Å². The lowest BCUT2D eigenvalue weighted by atomic mass is 10.0. The molecular weight excluding hydrogens is 400 g/mol. The van der Waals surface area contributed by atoms with E-state index in [1.807, 2.05) is 27.7 Å². The monoisotopic (exact) mass is 456 g/mol. The lowest BCUT2D eigenvalue weighted by molar-refractivity contribution is -0.152. The molecule has 0 rings (SSSR count). The first-order valence-electron chi connectivity index (χ1n) is 13.7. The van der Waals surface area contributed by atoms with E-state index in [-0.39, 0.29) is 24.1 Å². The molecule has 0 aromatic heterocycles. The van der Waals surface area contributed by atoms with Crippen LogP contribution < -0.4 is 0 Å². The van der Waals surface area contributed by atoms with Crippen LogP contribution in [0.5, 0.6) is 0 Å². The molecule has 4 nitrogen and oxygen atoms in total. The van der Waals surface area contributed by atoms with E-state index >= 15 is 0 Å². The summed E-state index contributed by atoms with van der Waals surface area (Å²) in [5, 5.41) is 0. The number of carbonyl (C=O) groups is 1. The van der Waals surface area contributed by atoms with E-state index < -0.39 is 5.60 Å². The van der Waals surface area contributed by atoms with E-state index in [0.717, 1.165) is 19.4 Å². The second-order valence-electron chi connectivity index (χ2n) is 10.2. The van der Waals surface area contributed by atoms with Gasteiger partial charge in [-0.25, -0.2) is 0 Å². The van der Waals surface area contributed by atoms with Gasteiger partial charge in [-0.15, -0.1) is 0 Å². The molecular formula is C28H56O4. The average molecular weight is 457 g/mol. The predicted octanol–water partition coefficient (Wildman–Crippen LogP) is 8.05. The molecule has 0 aliphatic rings. The maximum absolute atomic E-state index is 11.9. The number of hydrogen-bond acceptors (Lipinski definition) is 4. The van der Waals surface area contributed by atoms with Gasteiger partial charge in [0.15, 0.2) is 5.78 Å². The minimum Gasteiger partial charge on any atom is -0.378 e. The summed E-state index contributed by atoms with van der Waals surface area (Å²) < 4.78 is 17.8. The van der Waals surface area contributed by atoms with Crippen LogP contribution in [0.1, 0.15) is 138 Å². The molecule has 0 bridgehead atoms. The fraction of sp³-hybridized carbons (Fsp3) is 0.964.